The number of aryl methyl sites for hydroxylation is 2. The molecule has 3 N–H and O–H groups in total. The Bertz CT molecular complexity index is 973. The maximum absolute atomic E-state index is 12.9. The van der Waals surface area contributed by atoms with E-state index in [4.69, 9.17) is 22.8 Å². The third-order valence-corrected chi connectivity index (χ3v) is 4.12. The molecule has 0 amide bonds. The number of ether oxygens (including phenoxy) is 1. The van der Waals surface area contributed by atoms with Crippen molar-refractivity contribution in [3.63, 3.8) is 0 Å². The monoisotopic (exact) mass is 354 g/mol. The number of hydrogen-bond donors (Lipinski definition) is 2. The average molecular weight is 354 g/mol. The maximum Gasteiger partial charge on any atom is 0.214 e. The van der Waals surface area contributed by atoms with Crippen LogP contribution in [0, 0.1) is 18.6 Å². The van der Waals surface area contributed by atoms with Crippen LogP contribution in [0.2, 0.25) is 0 Å². The first-order valence-electron chi connectivity index (χ1n) is 7.72. The highest BCUT2D eigenvalue weighted by Gasteiger charge is 2.16. The number of nitrogen functional groups attached to an aromatic ring is 1. The molecule has 0 unspecified atom stereocenters. The Morgan fingerprint density at radius 3 is 2.52 bits per heavy atom. The molecule has 0 spiro atoms. The molecule has 1 aromatic heterocycles. The largest absolute Gasteiger partial charge is 0.485 e. The molecule has 0 aliphatic rings. The zero-order valence-corrected chi connectivity index (χ0v) is 14.8. The number of H-pyrrole nitrogens is 1. The summed E-state index contributed by atoms with van der Waals surface area (Å²) < 4.78 is 7.33. The number of rotatable bonds is 5. The molecule has 0 atom stereocenters. The molecule has 1 heterocycles. The lowest BCUT2D eigenvalue weighted by Gasteiger charge is -2.11. The minimum absolute atomic E-state index is 0.0923. The fourth-order valence-electron chi connectivity index (χ4n) is 2.39. The van der Waals surface area contributed by atoms with Gasteiger partial charge < -0.3 is 10.6 Å². The molecule has 0 aliphatic carbocycles. The molecule has 2 aromatic carbocycles. The molecule has 0 saturated carbocycles. The molecule has 0 saturated heterocycles. The van der Waals surface area contributed by atoms with E-state index < -0.39 is 0 Å². The van der Waals surface area contributed by atoms with E-state index in [-0.39, 0.29) is 12.4 Å². The highest BCUT2D eigenvalue weighted by atomic mass is 32.1. The van der Waals surface area contributed by atoms with Crippen LogP contribution in [0.15, 0.2) is 42.5 Å². The highest BCUT2D eigenvalue weighted by Crippen LogP contribution is 2.24. The lowest BCUT2D eigenvalue weighted by molar-refractivity contribution is 0.103. The van der Waals surface area contributed by atoms with E-state index in [1.165, 1.54) is 4.68 Å². The van der Waals surface area contributed by atoms with E-state index in [1.807, 2.05) is 50.2 Å². The van der Waals surface area contributed by atoms with E-state index >= 15 is 0 Å². The van der Waals surface area contributed by atoms with Crippen LogP contribution in [0.25, 0.3) is 0 Å². The Morgan fingerprint density at radius 2 is 1.88 bits per heavy atom. The molecule has 0 fully saturated rings. The van der Waals surface area contributed by atoms with Crippen LogP contribution in [0.3, 0.4) is 0 Å². The molecular formula is C18H18N4O2S. The minimum atomic E-state index is -0.0923. The van der Waals surface area contributed by atoms with Gasteiger partial charge in [0.2, 0.25) is 4.77 Å². The number of ketones is 1. The number of benzene rings is 2. The second-order valence-electron chi connectivity index (χ2n) is 5.80. The first-order chi connectivity index (χ1) is 12.0. The smallest absolute Gasteiger partial charge is 0.214 e. The second-order valence-corrected chi connectivity index (χ2v) is 6.19. The van der Waals surface area contributed by atoms with Crippen molar-refractivity contribution < 1.29 is 9.53 Å². The van der Waals surface area contributed by atoms with Crippen LogP contribution in [-0.2, 0) is 6.61 Å². The second kappa shape index (κ2) is 6.90. The molecule has 25 heavy (non-hydrogen) atoms. The summed E-state index contributed by atoms with van der Waals surface area (Å²) in [5.74, 6) is 6.59. The van der Waals surface area contributed by atoms with Crippen molar-refractivity contribution in [3.8, 4) is 5.75 Å². The van der Waals surface area contributed by atoms with Gasteiger partial charge in [-0.15, -0.1) is 0 Å². The number of nitrogens with one attached hydrogen (secondary N) is 1. The van der Waals surface area contributed by atoms with Gasteiger partial charge in [-0.25, -0.2) is 4.68 Å². The first-order valence-corrected chi connectivity index (χ1v) is 8.12. The van der Waals surface area contributed by atoms with Crippen LogP contribution >= 0.6 is 12.2 Å². The third-order valence-electron chi connectivity index (χ3n) is 3.83. The van der Waals surface area contributed by atoms with Crippen molar-refractivity contribution in [2.75, 3.05) is 5.84 Å². The Labute approximate surface area is 150 Å². The molecule has 3 aromatic rings. The van der Waals surface area contributed by atoms with E-state index in [1.54, 1.807) is 6.07 Å². The molecule has 0 bridgehead atoms. The molecule has 0 radical (unpaired) electrons. The van der Waals surface area contributed by atoms with Gasteiger partial charge in [-0.1, -0.05) is 41.5 Å². The zero-order chi connectivity index (χ0) is 18.0. The number of carbonyl (C=O) groups excluding carboxylic acids is 1. The number of nitrogens with two attached hydrogens (primary N) is 1. The van der Waals surface area contributed by atoms with Crippen molar-refractivity contribution in [2.45, 2.75) is 20.5 Å². The van der Waals surface area contributed by atoms with Gasteiger partial charge in [-0.05, 0) is 38.2 Å². The summed E-state index contributed by atoms with van der Waals surface area (Å²) in [7, 11) is 0. The SMILES string of the molecule is Cc1ccc(C(=O)c2cc(C)ccc2OCc2n[nH]c(=S)n2N)cc1. The summed E-state index contributed by atoms with van der Waals surface area (Å²) in [5.41, 5.74) is 3.19. The first kappa shape index (κ1) is 16.9. The van der Waals surface area contributed by atoms with Gasteiger partial charge in [-0.3, -0.25) is 9.89 Å². The van der Waals surface area contributed by atoms with Crippen LogP contribution in [0.4, 0.5) is 0 Å². The van der Waals surface area contributed by atoms with E-state index in [0.29, 0.717) is 27.5 Å². The molecule has 128 valence electrons. The minimum Gasteiger partial charge on any atom is -0.485 e. The van der Waals surface area contributed by atoms with Gasteiger partial charge in [0.15, 0.2) is 11.6 Å². The van der Waals surface area contributed by atoms with Crippen molar-refractivity contribution in [1.29, 1.82) is 0 Å². The van der Waals surface area contributed by atoms with Gasteiger partial charge in [0, 0.05) is 5.56 Å². The number of hydrogen-bond acceptors (Lipinski definition) is 5. The summed E-state index contributed by atoms with van der Waals surface area (Å²) in [6.45, 7) is 4.01. The fourth-order valence-corrected chi connectivity index (χ4v) is 2.54. The van der Waals surface area contributed by atoms with Gasteiger partial charge in [0.1, 0.15) is 12.4 Å². The average Bonchev–Trinajstić information content (AvgIpc) is 2.92. The summed E-state index contributed by atoms with van der Waals surface area (Å²) in [4.78, 5) is 12.9. The van der Waals surface area contributed by atoms with Crippen LogP contribution < -0.4 is 10.6 Å². The number of nitrogens with zero attached hydrogens (tertiary/aromatic N) is 2. The predicted octanol–water partition coefficient (Wildman–Crippen LogP) is 3.08. The quantitative estimate of drug-likeness (QED) is 0.418. The van der Waals surface area contributed by atoms with Crippen molar-refractivity contribution in [2.24, 2.45) is 0 Å². The van der Waals surface area contributed by atoms with Gasteiger partial charge in [0.05, 0.1) is 5.56 Å². The van der Waals surface area contributed by atoms with Crippen LogP contribution in [-0.4, -0.2) is 20.7 Å². The number of carbonyl (C=O) groups is 1. The summed E-state index contributed by atoms with van der Waals surface area (Å²) in [6, 6.07) is 12.9. The van der Waals surface area contributed by atoms with Crippen molar-refractivity contribution in [1.82, 2.24) is 14.9 Å². The normalized spacial score (nSPS) is 10.6. The lowest BCUT2D eigenvalue weighted by Crippen LogP contribution is -2.15. The molecule has 3 rings (SSSR count). The van der Waals surface area contributed by atoms with E-state index in [9.17, 15) is 4.79 Å². The van der Waals surface area contributed by atoms with Gasteiger partial charge in [-0.2, -0.15) is 5.10 Å². The Hall–Kier alpha value is -2.93. The van der Waals surface area contributed by atoms with Gasteiger partial charge >= 0.3 is 0 Å². The standard InChI is InChI=1S/C18H18N4O2S/c1-11-3-6-13(7-4-11)17(23)14-9-12(2)5-8-15(14)24-10-16-20-21-18(25)22(16)19/h3-9H,10,19H2,1-2H3,(H,21,25). The van der Waals surface area contributed by atoms with Crippen molar-refractivity contribution in [3.05, 3.63) is 75.3 Å². The fraction of sp³-hybridized carbons (Fsp3) is 0.167. The predicted molar refractivity (Wildman–Crippen MR) is 97.7 cm³/mol. The molecule has 0 aliphatic heterocycles. The lowest BCUT2D eigenvalue weighted by atomic mass is 10.00. The van der Waals surface area contributed by atoms with Gasteiger partial charge in [0.25, 0.3) is 0 Å². The van der Waals surface area contributed by atoms with Crippen molar-refractivity contribution >= 4 is 18.0 Å². The highest BCUT2D eigenvalue weighted by molar-refractivity contribution is 7.71. The van der Waals surface area contributed by atoms with E-state index in [2.05, 4.69) is 10.2 Å². The van der Waals surface area contributed by atoms with Crippen LogP contribution in [0.1, 0.15) is 32.9 Å². The molecule has 7 heteroatoms. The Balaban J connectivity index is 1.90. The number of aromatic amines is 1. The zero-order valence-electron chi connectivity index (χ0n) is 13.9. The van der Waals surface area contributed by atoms with Crippen LogP contribution in [0.5, 0.6) is 5.75 Å². The third kappa shape index (κ3) is 3.61. The Morgan fingerprint density at radius 1 is 1.20 bits per heavy atom. The summed E-state index contributed by atoms with van der Waals surface area (Å²) in [6.07, 6.45) is 0. The Kier molecular flexibility index (Phi) is 4.67. The summed E-state index contributed by atoms with van der Waals surface area (Å²) in [5, 5.41) is 6.60. The molecule has 6 nitrogen and oxygen atoms in total. The maximum atomic E-state index is 12.9. The number of aromatic nitrogens is 3. The summed E-state index contributed by atoms with van der Waals surface area (Å²) >= 11 is 4.97. The van der Waals surface area contributed by atoms with E-state index in [0.717, 1.165) is 11.1 Å². The molecular weight excluding hydrogens is 336 g/mol. The topological polar surface area (TPSA) is 85.9 Å².